The molecule has 1 amide bonds. The lowest BCUT2D eigenvalue weighted by Crippen LogP contribution is -2.48. The molecule has 0 aromatic rings. The van der Waals surface area contributed by atoms with E-state index < -0.39 is 0 Å². The first kappa shape index (κ1) is 16.5. The second-order valence-electron chi connectivity index (χ2n) is 6.92. The Hall–Kier alpha value is -0.570. The van der Waals surface area contributed by atoms with Crippen molar-refractivity contribution >= 4 is 5.91 Å². The molecule has 1 N–H and O–H groups in total. The number of nitrogens with one attached hydrogen (secondary N) is 1. The van der Waals surface area contributed by atoms with E-state index in [9.17, 15) is 4.79 Å². The van der Waals surface area contributed by atoms with Gasteiger partial charge in [0.2, 0.25) is 5.91 Å². The summed E-state index contributed by atoms with van der Waals surface area (Å²) in [4.78, 5) is 14.4. The molecule has 1 saturated heterocycles. The zero-order chi connectivity index (χ0) is 14.5. The van der Waals surface area contributed by atoms with Gasteiger partial charge in [0.15, 0.2) is 0 Å². The lowest BCUT2D eigenvalue weighted by atomic mass is 9.86. The second kappa shape index (κ2) is 7.28. The largest absolute Gasteiger partial charge is 0.355 e. The fourth-order valence-electron chi connectivity index (χ4n) is 2.73. The molecule has 3 heteroatoms. The van der Waals surface area contributed by atoms with Crippen molar-refractivity contribution in [3.05, 3.63) is 0 Å². The molecule has 1 fully saturated rings. The van der Waals surface area contributed by atoms with E-state index in [1.165, 1.54) is 19.3 Å². The van der Waals surface area contributed by atoms with Gasteiger partial charge in [-0.2, -0.15) is 0 Å². The second-order valence-corrected chi connectivity index (χ2v) is 6.92. The minimum absolute atomic E-state index is 0.188. The Morgan fingerprint density at radius 2 is 1.84 bits per heavy atom. The average molecular weight is 268 g/mol. The zero-order valence-corrected chi connectivity index (χ0v) is 13.5. The minimum atomic E-state index is 0.188. The van der Waals surface area contributed by atoms with Crippen LogP contribution in [0.1, 0.15) is 66.7 Å². The number of piperidine rings is 1. The van der Waals surface area contributed by atoms with Crippen LogP contribution in [-0.4, -0.2) is 36.0 Å². The average Bonchev–Trinajstić information content (AvgIpc) is 2.34. The van der Waals surface area contributed by atoms with Gasteiger partial charge in [0, 0.05) is 18.6 Å². The SMILES string of the molecule is CCC(C)(C)CCNC(=O)CN1C(C)CCCC1C. The predicted molar refractivity (Wildman–Crippen MR) is 81.2 cm³/mol. The van der Waals surface area contributed by atoms with Crippen LogP contribution in [0.25, 0.3) is 0 Å². The lowest BCUT2D eigenvalue weighted by Gasteiger charge is -2.38. The molecule has 1 aliphatic rings. The fourth-order valence-corrected chi connectivity index (χ4v) is 2.73. The minimum Gasteiger partial charge on any atom is -0.355 e. The Morgan fingerprint density at radius 1 is 1.26 bits per heavy atom. The third-order valence-electron chi connectivity index (χ3n) is 4.78. The molecule has 19 heavy (non-hydrogen) atoms. The Labute approximate surface area is 119 Å². The topological polar surface area (TPSA) is 32.3 Å². The molecular formula is C16H32N2O. The van der Waals surface area contributed by atoms with Gasteiger partial charge in [0.05, 0.1) is 6.54 Å². The van der Waals surface area contributed by atoms with Crippen LogP contribution in [-0.2, 0) is 4.79 Å². The van der Waals surface area contributed by atoms with Gasteiger partial charge in [-0.15, -0.1) is 0 Å². The van der Waals surface area contributed by atoms with E-state index in [-0.39, 0.29) is 5.91 Å². The maximum atomic E-state index is 12.0. The summed E-state index contributed by atoms with van der Waals surface area (Å²) in [6, 6.07) is 1.09. The molecule has 1 heterocycles. The third kappa shape index (κ3) is 5.52. The van der Waals surface area contributed by atoms with Gasteiger partial charge in [-0.25, -0.2) is 0 Å². The molecule has 0 aliphatic carbocycles. The number of hydrogen-bond donors (Lipinski definition) is 1. The van der Waals surface area contributed by atoms with Crippen molar-refractivity contribution < 1.29 is 4.79 Å². The molecule has 3 nitrogen and oxygen atoms in total. The predicted octanol–water partition coefficient (Wildman–Crippen LogP) is 3.19. The van der Waals surface area contributed by atoms with Crippen molar-refractivity contribution in [3.63, 3.8) is 0 Å². The van der Waals surface area contributed by atoms with Crippen LogP contribution >= 0.6 is 0 Å². The van der Waals surface area contributed by atoms with Gasteiger partial charge in [0.25, 0.3) is 0 Å². The summed E-state index contributed by atoms with van der Waals surface area (Å²) in [5.74, 6) is 0.188. The van der Waals surface area contributed by atoms with E-state index in [1.807, 2.05) is 0 Å². The van der Waals surface area contributed by atoms with Crippen molar-refractivity contribution in [2.24, 2.45) is 5.41 Å². The van der Waals surface area contributed by atoms with Crippen LogP contribution in [0.4, 0.5) is 0 Å². The van der Waals surface area contributed by atoms with Gasteiger partial charge < -0.3 is 5.32 Å². The molecule has 112 valence electrons. The first-order valence-corrected chi connectivity index (χ1v) is 7.88. The van der Waals surface area contributed by atoms with Gasteiger partial charge >= 0.3 is 0 Å². The Morgan fingerprint density at radius 3 is 2.37 bits per heavy atom. The van der Waals surface area contributed by atoms with E-state index in [0.29, 0.717) is 24.0 Å². The highest BCUT2D eigenvalue weighted by Gasteiger charge is 2.26. The van der Waals surface area contributed by atoms with Crippen LogP contribution in [0.5, 0.6) is 0 Å². The smallest absolute Gasteiger partial charge is 0.234 e. The van der Waals surface area contributed by atoms with Gasteiger partial charge in [-0.3, -0.25) is 9.69 Å². The Kier molecular flexibility index (Phi) is 6.31. The summed E-state index contributed by atoms with van der Waals surface area (Å²) in [7, 11) is 0. The number of likely N-dealkylation sites (tertiary alicyclic amines) is 1. The van der Waals surface area contributed by atoms with Crippen molar-refractivity contribution in [2.75, 3.05) is 13.1 Å². The van der Waals surface area contributed by atoms with Crippen molar-refractivity contribution in [2.45, 2.75) is 78.8 Å². The Balaban J connectivity index is 2.30. The standard InChI is InChI=1S/C16H32N2O/c1-6-16(4,5)10-11-17-15(19)12-18-13(2)8-7-9-14(18)3/h13-14H,6-12H2,1-5H3,(H,17,19). The van der Waals surface area contributed by atoms with Crippen molar-refractivity contribution in [1.82, 2.24) is 10.2 Å². The highest BCUT2D eigenvalue weighted by Crippen LogP contribution is 2.23. The lowest BCUT2D eigenvalue weighted by molar-refractivity contribution is -0.123. The molecule has 0 bridgehead atoms. The first-order chi connectivity index (χ1) is 8.85. The van der Waals surface area contributed by atoms with E-state index in [1.54, 1.807) is 0 Å². The number of rotatable bonds is 6. The maximum absolute atomic E-state index is 12.0. The van der Waals surface area contributed by atoms with Crippen LogP contribution < -0.4 is 5.32 Å². The number of carbonyl (C=O) groups excluding carboxylic acids is 1. The van der Waals surface area contributed by atoms with Gasteiger partial charge in [0.1, 0.15) is 0 Å². The number of carbonyl (C=O) groups is 1. The highest BCUT2D eigenvalue weighted by molar-refractivity contribution is 5.78. The van der Waals surface area contributed by atoms with Crippen molar-refractivity contribution in [1.29, 1.82) is 0 Å². The van der Waals surface area contributed by atoms with Crippen molar-refractivity contribution in [3.8, 4) is 0 Å². The molecule has 0 saturated carbocycles. The van der Waals surface area contributed by atoms with Gasteiger partial charge in [-0.1, -0.05) is 33.6 Å². The van der Waals surface area contributed by atoms with E-state index in [2.05, 4.69) is 44.8 Å². The van der Waals surface area contributed by atoms with Crippen LogP contribution in [0, 0.1) is 5.41 Å². The molecule has 2 atom stereocenters. The number of amides is 1. The van der Waals surface area contributed by atoms with E-state index >= 15 is 0 Å². The summed E-state index contributed by atoms with van der Waals surface area (Å²) < 4.78 is 0. The Bertz CT molecular complexity index is 278. The number of hydrogen-bond acceptors (Lipinski definition) is 2. The molecule has 0 aromatic carbocycles. The maximum Gasteiger partial charge on any atom is 0.234 e. The zero-order valence-electron chi connectivity index (χ0n) is 13.5. The third-order valence-corrected chi connectivity index (χ3v) is 4.78. The monoisotopic (exact) mass is 268 g/mol. The summed E-state index contributed by atoms with van der Waals surface area (Å²) in [5.41, 5.74) is 0.332. The normalized spacial score (nSPS) is 25.3. The van der Waals surface area contributed by atoms with Crippen LogP contribution in [0.15, 0.2) is 0 Å². The summed E-state index contributed by atoms with van der Waals surface area (Å²) in [6.45, 7) is 12.6. The molecule has 2 unspecified atom stereocenters. The van der Waals surface area contributed by atoms with Crippen LogP contribution in [0.2, 0.25) is 0 Å². The molecule has 1 aliphatic heterocycles. The first-order valence-electron chi connectivity index (χ1n) is 7.88. The molecule has 0 aromatic heterocycles. The van der Waals surface area contributed by atoms with Gasteiger partial charge in [-0.05, 0) is 38.5 Å². The molecule has 0 radical (unpaired) electrons. The molecular weight excluding hydrogens is 236 g/mol. The molecule has 0 spiro atoms. The fraction of sp³-hybridized carbons (Fsp3) is 0.938. The summed E-state index contributed by atoms with van der Waals surface area (Å²) >= 11 is 0. The number of nitrogens with zero attached hydrogens (tertiary/aromatic N) is 1. The highest BCUT2D eigenvalue weighted by atomic mass is 16.2. The van der Waals surface area contributed by atoms with E-state index in [0.717, 1.165) is 19.4 Å². The van der Waals surface area contributed by atoms with Crippen LogP contribution in [0.3, 0.4) is 0 Å². The summed E-state index contributed by atoms with van der Waals surface area (Å²) in [5, 5.41) is 3.08. The molecule has 1 rings (SSSR count). The van der Waals surface area contributed by atoms with E-state index in [4.69, 9.17) is 0 Å². The summed E-state index contributed by atoms with van der Waals surface area (Å²) in [6.07, 6.45) is 5.95. The quantitative estimate of drug-likeness (QED) is 0.802.